The molecule has 0 bridgehead atoms. The summed E-state index contributed by atoms with van der Waals surface area (Å²) in [6, 6.07) is 0. The Kier molecular flexibility index (Phi) is 4.11. The van der Waals surface area contributed by atoms with E-state index in [2.05, 4.69) is 18.7 Å². The standard InChI is InChI=1S/C12H23NO/c1-11(14)12(2,3)7-6-10-13-8-4-5-9-13/h4-10H2,1-3H3. The van der Waals surface area contributed by atoms with Crippen molar-refractivity contribution in [2.45, 2.75) is 46.5 Å². The summed E-state index contributed by atoms with van der Waals surface area (Å²) in [4.78, 5) is 13.8. The van der Waals surface area contributed by atoms with Crippen molar-refractivity contribution >= 4 is 5.78 Å². The summed E-state index contributed by atoms with van der Waals surface area (Å²) in [6.07, 6.45) is 4.90. The minimum atomic E-state index is -0.111. The van der Waals surface area contributed by atoms with Gasteiger partial charge in [-0.25, -0.2) is 0 Å². The van der Waals surface area contributed by atoms with Crippen LogP contribution in [0.2, 0.25) is 0 Å². The lowest BCUT2D eigenvalue weighted by Crippen LogP contribution is -2.25. The van der Waals surface area contributed by atoms with Gasteiger partial charge in [0, 0.05) is 5.41 Å². The summed E-state index contributed by atoms with van der Waals surface area (Å²) in [7, 11) is 0. The fraction of sp³-hybridized carbons (Fsp3) is 0.917. The number of hydrogen-bond acceptors (Lipinski definition) is 2. The first-order valence-electron chi connectivity index (χ1n) is 5.76. The van der Waals surface area contributed by atoms with Crippen LogP contribution in [0.5, 0.6) is 0 Å². The molecule has 1 aliphatic heterocycles. The average molecular weight is 197 g/mol. The van der Waals surface area contributed by atoms with Gasteiger partial charge in [0.05, 0.1) is 0 Å². The quantitative estimate of drug-likeness (QED) is 0.675. The lowest BCUT2D eigenvalue weighted by atomic mass is 9.84. The van der Waals surface area contributed by atoms with Crippen LogP contribution in [0.4, 0.5) is 0 Å². The SMILES string of the molecule is CC(=O)C(C)(C)CCCN1CCCC1. The molecule has 0 aromatic rings. The molecule has 14 heavy (non-hydrogen) atoms. The van der Waals surface area contributed by atoms with Gasteiger partial charge in [0.15, 0.2) is 0 Å². The zero-order chi connectivity index (χ0) is 10.6. The highest BCUT2D eigenvalue weighted by Gasteiger charge is 2.23. The predicted molar refractivity (Wildman–Crippen MR) is 59.4 cm³/mol. The molecule has 1 rings (SSSR count). The third-order valence-electron chi connectivity index (χ3n) is 3.43. The highest BCUT2D eigenvalue weighted by molar-refractivity contribution is 5.81. The second kappa shape index (κ2) is 4.92. The highest BCUT2D eigenvalue weighted by atomic mass is 16.1. The van der Waals surface area contributed by atoms with Crippen molar-refractivity contribution < 1.29 is 4.79 Å². The Bertz CT molecular complexity index is 192. The van der Waals surface area contributed by atoms with Crippen molar-refractivity contribution in [2.24, 2.45) is 5.41 Å². The number of carbonyl (C=O) groups is 1. The first-order chi connectivity index (χ1) is 6.52. The molecule has 1 aliphatic rings. The smallest absolute Gasteiger partial charge is 0.135 e. The third-order valence-corrected chi connectivity index (χ3v) is 3.43. The maximum absolute atomic E-state index is 11.3. The van der Waals surface area contributed by atoms with Crippen LogP contribution in [0.15, 0.2) is 0 Å². The van der Waals surface area contributed by atoms with E-state index in [4.69, 9.17) is 0 Å². The summed E-state index contributed by atoms with van der Waals surface area (Å²) in [5.74, 6) is 0.318. The Labute approximate surface area is 87.7 Å². The van der Waals surface area contributed by atoms with Crippen molar-refractivity contribution in [3.63, 3.8) is 0 Å². The van der Waals surface area contributed by atoms with Gasteiger partial charge in [0.25, 0.3) is 0 Å². The number of Topliss-reactive ketones (excluding diaryl/α,β-unsaturated/α-hetero) is 1. The fourth-order valence-electron chi connectivity index (χ4n) is 1.93. The summed E-state index contributed by atoms with van der Waals surface area (Å²) < 4.78 is 0. The van der Waals surface area contributed by atoms with E-state index in [1.165, 1.54) is 32.5 Å². The lowest BCUT2D eigenvalue weighted by Gasteiger charge is -2.22. The first-order valence-corrected chi connectivity index (χ1v) is 5.76. The molecule has 2 heteroatoms. The molecule has 1 heterocycles. The molecule has 0 aromatic carbocycles. The van der Waals surface area contributed by atoms with Gasteiger partial charge in [-0.15, -0.1) is 0 Å². The molecule has 82 valence electrons. The summed E-state index contributed by atoms with van der Waals surface area (Å²) in [5, 5.41) is 0. The second-order valence-electron chi connectivity index (χ2n) is 5.09. The van der Waals surface area contributed by atoms with Crippen molar-refractivity contribution in [3.8, 4) is 0 Å². The monoisotopic (exact) mass is 197 g/mol. The van der Waals surface area contributed by atoms with E-state index in [0.717, 1.165) is 12.8 Å². The normalized spacial score (nSPS) is 18.8. The molecule has 0 spiro atoms. The van der Waals surface area contributed by atoms with E-state index < -0.39 is 0 Å². The molecular weight excluding hydrogens is 174 g/mol. The van der Waals surface area contributed by atoms with Crippen LogP contribution in [0.1, 0.15) is 46.5 Å². The molecular formula is C12H23NO. The molecule has 0 amide bonds. The number of likely N-dealkylation sites (tertiary alicyclic amines) is 1. The number of nitrogens with zero attached hydrogens (tertiary/aromatic N) is 1. The molecule has 0 saturated carbocycles. The second-order valence-corrected chi connectivity index (χ2v) is 5.09. The van der Waals surface area contributed by atoms with E-state index in [-0.39, 0.29) is 5.41 Å². The fourth-order valence-corrected chi connectivity index (χ4v) is 1.93. The Morgan fingerprint density at radius 1 is 1.29 bits per heavy atom. The van der Waals surface area contributed by atoms with Gasteiger partial charge >= 0.3 is 0 Å². The molecule has 0 N–H and O–H groups in total. The van der Waals surface area contributed by atoms with Crippen molar-refractivity contribution in [3.05, 3.63) is 0 Å². The Morgan fingerprint density at radius 3 is 2.36 bits per heavy atom. The van der Waals surface area contributed by atoms with Crippen molar-refractivity contribution in [1.82, 2.24) is 4.90 Å². The number of ketones is 1. The third kappa shape index (κ3) is 3.41. The topological polar surface area (TPSA) is 20.3 Å². The molecule has 0 aliphatic carbocycles. The minimum Gasteiger partial charge on any atom is -0.303 e. The maximum Gasteiger partial charge on any atom is 0.135 e. The van der Waals surface area contributed by atoms with Crippen molar-refractivity contribution in [2.75, 3.05) is 19.6 Å². The van der Waals surface area contributed by atoms with Crippen LogP contribution < -0.4 is 0 Å². The first kappa shape index (κ1) is 11.7. The summed E-state index contributed by atoms with van der Waals surface area (Å²) in [5.41, 5.74) is -0.111. The van der Waals surface area contributed by atoms with Crippen LogP contribution in [0, 0.1) is 5.41 Å². The van der Waals surface area contributed by atoms with E-state index in [0.29, 0.717) is 5.78 Å². The molecule has 0 unspecified atom stereocenters. The summed E-state index contributed by atoms with van der Waals surface area (Å²) >= 11 is 0. The van der Waals surface area contributed by atoms with Crippen LogP contribution in [0.25, 0.3) is 0 Å². The number of hydrogen-bond donors (Lipinski definition) is 0. The molecule has 2 nitrogen and oxygen atoms in total. The minimum absolute atomic E-state index is 0.111. The van der Waals surface area contributed by atoms with Crippen molar-refractivity contribution in [1.29, 1.82) is 0 Å². The van der Waals surface area contributed by atoms with Crippen LogP contribution >= 0.6 is 0 Å². The molecule has 0 atom stereocenters. The zero-order valence-electron chi connectivity index (χ0n) is 9.81. The highest BCUT2D eigenvalue weighted by Crippen LogP contribution is 2.23. The Hall–Kier alpha value is -0.370. The van der Waals surface area contributed by atoms with Gasteiger partial charge in [-0.3, -0.25) is 4.79 Å². The number of rotatable bonds is 5. The van der Waals surface area contributed by atoms with Crippen LogP contribution in [-0.2, 0) is 4.79 Å². The van der Waals surface area contributed by atoms with E-state index in [1.54, 1.807) is 6.92 Å². The zero-order valence-corrected chi connectivity index (χ0v) is 9.81. The predicted octanol–water partition coefficient (Wildman–Crippen LogP) is 2.48. The van der Waals surface area contributed by atoms with E-state index in [1.807, 2.05) is 0 Å². The molecule has 1 fully saturated rings. The van der Waals surface area contributed by atoms with E-state index >= 15 is 0 Å². The van der Waals surface area contributed by atoms with Gasteiger partial charge in [0.1, 0.15) is 5.78 Å². The Morgan fingerprint density at radius 2 is 1.86 bits per heavy atom. The van der Waals surface area contributed by atoms with Gasteiger partial charge in [-0.05, 0) is 52.2 Å². The largest absolute Gasteiger partial charge is 0.303 e. The van der Waals surface area contributed by atoms with Crippen LogP contribution in [0.3, 0.4) is 0 Å². The molecule has 1 saturated heterocycles. The summed E-state index contributed by atoms with van der Waals surface area (Å²) in [6.45, 7) is 9.52. The van der Waals surface area contributed by atoms with Gasteiger partial charge in [-0.2, -0.15) is 0 Å². The molecule has 0 radical (unpaired) electrons. The van der Waals surface area contributed by atoms with Gasteiger partial charge in [0.2, 0.25) is 0 Å². The average Bonchev–Trinajstić information content (AvgIpc) is 2.56. The Balaban J connectivity index is 2.16. The van der Waals surface area contributed by atoms with E-state index in [9.17, 15) is 4.79 Å². The number of carbonyl (C=O) groups excluding carboxylic acids is 1. The van der Waals surface area contributed by atoms with Gasteiger partial charge < -0.3 is 4.90 Å². The van der Waals surface area contributed by atoms with Gasteiger partial charge in [-0.1, -0.05) is 13.8 Å². The van der Waals surface area contributed by atoms with Crippen LogP contribution in [-0.4, -0.2) is 30.3 Å². The lowest BCUT2D eigenvalue weighted by molar-refractivity contribution is -0.125. The molecule has 0 aromatic heterocycles. The maximum atomic E-state index is 11.3.